The summed E-state index contributed by atoms with van der Waals surface area (Å²) in [4.78, 5) is 11.3. The van der Waals surface area contributed by atoms with Gasteiger partial charge in [-0.2, -0.15) is 0 Å². The second kappa shape index (κ2) is 6.10. The summed E-state index contributed by atoms with van der Waals surface area (Å²) < 4.78 is 15.7. The average Bonchev–Trinajstić information content (AvgIpc) is 2.38. The van der Waals surface area contributed by atoms with Crippen LogP contribution >= 0.6 is 0 Å². The Balaban J connectivity index is 3.40. The Morgan fingerprint density at radius 1 is 1.00 bits per heavy atom. The summed E-state index contributed by atoms with van der Waals surface area (Å²) in [6.07, 6.45) is 1.75. The van der Waals surface area contributed by atoms with Gasteiger partial charge >= 0.3 is 0 Å². The van der Waals surface area contributed by atoms with E-state index < -0.39 is 0 Å². The van der Waals surface area contributed by atoms with Crippen LogP contribution in [-0.2, 0) is 4.79 Å². The number of hydrogen-bond donors (Lipinski definition) is 0. The van der Waals surface area contributed by atoms with E-state index in [0.717, 1.165) is 5.56 Å². The van der Waals surface area contributed by atoms with Crippen LogP contribution in [0.25, 0.3) is 6.08 Å². The highest BCUT2D eigenvalue weighted by atomic mass is 16.5. The van der Waals surface area contributed by atoms with Crippen LogP contribution in [-0.4, -0.2) is 27.1 Å². The molecule has 1 rings (SSSR count). The zero-order valence-electron chi connectivity index (χ0n) is 11.4. The summed E-state index contributed by atoms with van der Waals surface area (Å²) in [7, 11) is 4.70. The molecule has 0 aliphatic heterocycles. The Morgan fingerprint density at radius 2 is 1.50 bits per heavy atom. The van der Waals surface area contributed by atoms with Gasteiger partial charge in [0.15, 0.2) is 5.78 Å². The van der Waals surface area contributed by atoms with Crippen molar-refractivity contribution in [1.82, 2.24) is 0 Å². The summed E-state index contributed by atoms with van der Waals surface area (Å²) in [5.41, 5.74) is 1.37. The van der Waals surface area contributed by atoms with Crippen LogP contribution in [0.5, 0.6) is 17.2 Å². The minimum atomic E-state index is 0.00919. The summed E-state index contributed by atoms with van der Waals surface area (Å²) in [5.74, 6) is 1.86. The molecule has 1 aromatic carbocycles. The molecule has 1 aromatic rings. The van der Waals surface area contributed by atoms with Gasteiger partial charge in [-0.15, -0.1) is 0 Å². The molecule has 0 aliphatic rings. The highest BCUT2D eigenvalue weighted by Crippen LogP contribution is 2.35. The Morgan fingerprint density at radius 3 is 1.83 bits per heavy atom. The predicted octanol–water partition coefficient (Wildman–Crippen LogP) is 2.70. The van der Waals surface area contributed by atoms with Gasteiger partial charge in [-0.1, -0.05) is 0 Å². The quantitative estimate of drug-likeness (QED) is 0.754. The minimum absolute atomic E-state index is 0.00919. The van der Waals surface area contributed by atoms with E-state index in [9.17, 15) is 4.79 Å². The lowest BCUT2D eigenvalue weighted by Crippen LogP contribution is -1.97. The SMILES string of the molecule is COc1cc(OC)c(C=C(C)C(C)=O)c(OC)c1. The molecule has 4 heteroatoms. The number of ketones is 1. The lowest BCUT2D eigenvalue weighted by atomic mass is 10.1. The molecule has 0 bridgehead atoms. The van der Waals surface area contributed by atoms with E-state index >= 15 is 0 Å². The molecule has 0 aliphatic carbocycles. The molecule has 4 nitrogen and oxygen atoms in total. The molecule has 0 heterocycles. The van der Waals surface area contributed by atoms with Crippen molar-refractivity contribution in [2.24, 2.45) is 0 Å². The van der Waals surface area contributed by atoms with Crippen molar-refractivity contribution in [3.05, 3.63) is 23.3 Å². The number of ether oxygens (including phenoxy) is 3. The number of Topliss-reactive ketones (excluding diaryl/α,β-unsaturated/α-hetero) is 1. The largest absolute Gasteiger partial charge is 0.496 e. The molecule has 0 spiro atoms. The van der Waals surface area contributed by atoms with Crippen molar-refractivity contribution < 1.29 is 19.0 Å². The van der Waals surface area contributed by atoms with E-state index in [-0.39, 0.29) is 5.78 Å². The zero-order chi connectivity index (χ0) is 13.7. The molecule has 0 fully saturated rings. The van der Waals surface area contributed by atoms with Crippen LogP contribution in [0.4, 0.5) is 0 Å². The number of methoxy groups -OCH3 is 3. The van der Waals surface area contributed by atoms with Gasteiger partial charge in [-0.3, -0.25) is 4.79 Å². The van der Waals surface area contributed by atoms with Gasteiger partial charge in [0.25, 0.3) is 0 Å². The Bertz CT molecular complexity index is 450. The Labute approximate surface area is 107 Å². The summed E-state index contributed by atoms with van der Waals surface area (Å²) in [5, 5.41) is 0. The van der Waals surface area contributed by atoms with E-state index in [1.165, 1.54) is 6.92 Å². The summed E-state index contributed by atoms with van der Waals surface area (Å²) in [6, 6.07) is 3.50. The molecule has 0 N–H and O–H groups in total. The molecule has 0 amide bonds. The third-order valence-corrected chi connectivity index (χ3v) is 2.67. The molecule has 0 saturated carbocycles. The molecule has 0 saturated heterocycles. The van der Waals surface area contributed by atoms with Crippen LogP contribution in [0.1, 0.15) is 19.4 Å². The molecule has 18 heavy (non-hydrogen) atoms. The fourth-order valence-corrected chi connectivity index (χ4v) is 1.49. The van der Waals surface area contributed by atoms with Crippen LogP contribution in [0, 0.1) is 0 Å². The third kappa shape index (κ3) is 3.03. The predicted molar refractivity (Wildman–Crippen MR) is 70.4 cm³/mol. The molecular formula is C14H18O4. The molecule has 98 valence electrons. The summed E-state index contributed by atoms with van der Waals surface area (Å²) in [6.45, 7) is 3.28. The van der Waals surface area contributed by atoms with Crippen molar-refractivity contribution in [2.45, 2.75) is 13.8 Å². The van der Waals surface area contributed by atoms with E-state index in [1.54, 1.807) is 46.5 Å². The number of rotatable bonds is 5. The topological polar surface area (TPSA) is 44.8 Å². The first kappa shape index (κ1) is 14.1. The minimum Gasteiger partial charge on any atom is -0.496 e. The normalized spacial score (nSPS) is 11.1. The van der Waals surface area contributed by atoms with Gasteiger partial charge in [0.1, 0.15) is 17.2 Å². The van der Waals surface area contributed by atoms with Crippen molar-refractivity contribution >= 4 is 11.9 Å². The molecule has 0 aromatic heterocycles. The standard InChI is InChI=1S/C14H18O4/c1-9(10(2)15)6-12-13(17-4)7-11(16-3)8-14(12)18-5/h6-8H,1-5H3. The van der Waals surface area contributed by atoms with Crippen molar-refractivity contribution in [1.29, 1.82) is 0 Å². The van der Waals surface area contributed by atoms with Gasteiger partial charge in [0, 0.05) is 12.1 Å². The molecular weight excluding hydrogens is 232 g/mol. The number of carbonyl (C=O) groups excluding carboxylic acids is 1. The van der Waals surface area contributed by atoms with Gasteiger partial charge in [-0.25, -0.2) is 0 Å². The van der Waals surface area contributed by atoms with Gasteiger partial charge in [0.2, 0.25) is 0 Å². The maximum atomic E-state index is 11.3. The highest BCUT2D eigenvalue weighted by Gasteiger charge is 2.12. The lowest BCUT2D eigenvalue weighted by molar-refractivity contribution is -0.113. The van der Waals surface area contributed by atoms with Crippen LogP contribution in [0.2, 0.25) is 0 Å². The summed E-state index contributed by atoms with van der Waals surface area (Å²) >= 11 is 0. The maximum absolute atomic E-state index is 11.3. The molecule has 0 atom stereocenters. The number of benzene rings is 1. The van der Waals surface area contributed by atoms with E-state index in [0.29, 0.717) is 22.8 Å². The van der Waals surface area contributed by atoms with Gasteiger partial charge in [0.05, 0.1) is 26.9 Å². The number of allylic oxidation sites excluding steroid dienone is 1. The van der Waals surface area contributed by atoms with Crippen molar-refractivity contribution in [3.63, 3.8) is 0 Å². The van der Waals surface area contributed by atoms with Gasteiger partial charge in [-0.05, 0) is 25.5 Å². The first-order valence-electron chi connectivity index (χ1n) is 5.52. The average molecular weight is 250 g/mol. The zero-order valence-corrected chi connectivity index (χ0v) is 11.4. The van der Waals surface area contributed by atoms with Crippen molar-refractivity contribution in [3.8, 4) is 17.2 Å². The van der Waals surface area contributed by atoms with Gasteiger partial charge < -0.3 is 14.2 Å². The fourth-order valence-electron chi connectivity index (χ4n) is 1.49. The van der Waals surface area contributed by atoms with E-state index in [1.807, 2.05) is 0 Å². The monoisotopic (exact) mass is 250 g/mol. The Kier molecular flexibility index (Phi) is 4.77. The first-order chi connectivity index (χ1) is 8.53. The Hall–Kier alpha value is -1.97. The maximum Gasteiger partial charge on any atom is 0.155 e. The fraction of sp³-hybridized carbons (Fsp3) is 0.357. The van der Waals surface area contributed by atoms with Crippen LogP contribution < -0.4 is 14.2 Å². The second-order valence-corrected chi connectivity index (χ2v) is 3.83. The second-order valence-electron chi connectivity index (χ2n) is 3.83. The number of carbonyl (C=O) groups is 1. The number of hydrogen-bond acceptors (Lipinski definition) is 4. The first-order valence-corrected chi connectivity index (χ1v) is 5.52. The van der Waals surface area contributed by atoms with Crippen LogP contribution in [0.3, 0.4) is 0 Å². The smallest absolute Gasteiger partial charge is 0.155 e. The third-order valence-electron chi connectivity index (χ3n) is 2.67. The molecule has 0 unspecified atom stereocenters. The van der Waals surface area contributed by atoms with Crippen LogP contribution in [0.15, 0.2) is 17.7 Å². The molecule has 0 radical (unpaired) electrons. The van der Waals surface area contributed by atoms with E-state index in [4.69, 9.17) is 14.2 Å². The van der Waals surface area contributed by atoms with E-state index in [2.05, 4.69) is 0 Å². The lowest BCUT2D eigenvalue weighted by Gasteiger charge is -2.13. The van der Waals surface area contributed by atoms with Crippen molar-refractivity contribution in [2.75, 3.05) is 21.3 Å². The highest BCUT2D eigenvalue weighted by molar-refractivity contribution is 5.97.